The highest BCUT2D eigenvalue weighted by molar-refractivity contribution is 7.89. The predicted molar refractivity (Wildman–Crippen MR) is 137 cm³/mol. The van der Waals surface area contributed by atoms with Gasteiger partial charge in [-0.05, 0) is 54.5 Å². The standard InChI is InChI=1S/C27H32N2O3S2/c1-22-17-18-33-26(22)20-28(19-23-11-5-2-6-12-23)27(30)21-29(24-13-7-3-8-14-24)34(31,32)25-15-9-4-10-16-25/h2,4-6,9-12,15-18,24H,3,7-8,13-14,19-21H2,1H3. The Morgan fingerprint density at radius 3 is 2.18 bits per heavy atom. The van der Waals surface area contributed by atoms with Crippen LogP contribution in [0.4, 0.5) is 0 Å². The number of amides is 1. The van der Waals surface area contributed by atoms with E-state index in [9.17, 15) is 13.2 Å². The van der Waals surface area contributed by atoms with Gasteiger partial charge in [-0.3, -0.25) is 4.79 Å². The fourth-order valence-electron chi connectivity index (χ4n) is 4.52. The monoisotopic (exact) mass is 496 g/mol. The quantitative estimate of drug-likeness (QED) is 0.387. The highest BCUT2D eigenvalue weighted by atomic mass is 32.2. The number of aryl methyl sites for hydroxylation is 1. The molecule has 0 N–H and O–H groups in total. The normalized spacial score (nSPS) is 14.9. The van der Waals surface area contributed by atoms with E-state index in [-0.39, 0.29) is 23.4 Å². The molecule has 1 saturated carbocycles. The van der Waals surface area contributed by atoms with Gasteiger partial charge < -0.3 is 4.90 Å². The fraction of sp³-hybridized carbons (Fsp3) is 0.370. The second-order valence-electron chi connectivity index (χ2n) is 8.92. The van der Waals surface area contributed by atoms with Crippen molar-refractivity contribution in [3.8, 4) is 0 Å². The Labute approximate surface area is 207 Å². The molecule has 4 rings (SSSR count). The SMILES string of the molecule is Cc1ccsc1CN(Cc1ccccc1)C(=O)CN(C1CCCCC1)S(=O)(=O)c1ccccc1. The van der Waals surface area contributed by atoms with Crippen LogP contribution in [0.5, 0.6) is 0 Å². The van der Waals surface area contributed by atoms with Crippen molar-refractivity contribution in [1.29, 1.82) is 0 Å². The van der Waals surface area contributed by atoms with E-state index in [1.807, 2.05) is 42.6 Å². The van der Waals surface area contributed by atoms with Gasteiger partial charge in [-0.2, -0.15) is 4.31 Å². The van der Waals surface area contributed by atoms with Crippen LogP contribution in [0.15, 0.2) is 77.0 Å². The van der Waals surface area contributed by atoms with Crippen LogP contribution in [-0.4, -0.2) is 36.1 Å². The molecule has 1 aliphatic rings. The van der Waals surface area contributed by atoms with Crippen LogP contribution < -0.4 is 0 Å². The Morgan fingerprint density at radius 2 is 1.56 bits per heavy atom. The zero-order valence-electron chi connectivity index (χ0n) is 19.6. The Kier molecular flexibility index (Phi) is 8.19. The molecule has 7 heteroatoms. The van der Waals surface area contributed by atoms with Gasteiger partial charge in [-0.1, -0.05) is 67.8 Å². The first-order valence-corrected chi connectivity index (χ1v) is 14.2. The molecule has 0 saturated heterocycles. The Balaban J connectivity index is 1.63. The molecule has 1 amide bonds. The van der Waals surface area contributed by atoms with Gasteiger partial charge in [0.25, 0.3) is 0 Å². The molecule has 0 spiro atoms. The number of sulfonamides is 1. The van der Waals surface area contributed by atoms with Crippen molar-refractivity contribution in [3.05, 3.63) is 88.1 Å². The van der Waals surface area contributed by atoms with Crippen LogP contribution >= 0.6 is 11.3 Å². The van der Waals surface area contributed by atoms with Crippen molar-refractivity contribution in [1.82, 2.24) is 9.21 Å². The van der Waals surface area contributed by atoms with Crippen molar-refractivity contribution >= 4 is 27.3 Å². The number of thiophene rings is 1. The van der Waals surface area contributed by atoms with Crippen LogP contribution in [0, 0.1) is 6.92 Å². The maximum Gasteiger partial charge on any atom is 0.243 e. The van der Waals surface area contributed by atoms with Crippen molar-refractivity contribution in [3.63, 3.8) is 0 Å². The highest BCUT2D eigenvalue weighted by Crippen LogP contribution is 2.28. The lowest BCUT2D eigenvalue weighted by Gasteiger charge is -2.34. The van der Waals surface area contributed by atoms with Crippen LogP contribution in [0.1, 0.15) is 48.1 Å². The smallest absolute Gasteiger partial charge is 0.243 e. The largest absolute Gasteiger partial charge is 0.332 e. The molecule has 0 unspecified atom stereocenters. The molecule has 1 aromatic heterocycles. The maximum absolute atomic E-state index is 13.7. The average molecular weight is 497 g/mol. The summed E-state index contributed by atoms with van der Waals surface area (Å²) in [6.45, 7) is 2.83. The van der Waals surface area contributed by atoms with Gasteiger partial charge >= 0.3 is 0 Å². The summed E-state index contributed by atoms with van der Waals surface area (Å²) >= 11 is 1.63. The lowest BCUT2D eigenvalue weighted by atomic mass is 9.95. The van der Waals surface area contributed by atoms with Crippen LogP contribution in [0.25, 0.3) is 0 Å². The number of carbonyl (C=O) groups excluding carboxylic acids is 1. The summed E-state index contributed by atoms with van der Waals surface area (Å²) in [4.78, 5) is 16.9. The lowest BCUT2D eigenvalue weighted by Crippen LogP contribution is -2.47. The van der Waals surface area contributed by atoms with E-state index in [1.54, 1.807) is 46.6 Å². The van der Waals surface area contributed by atoms with Gasteiger partial charge in [-0.25, -0.2) is 8.42 Å². The fourth-order valence-corrected chi connectivity index (χ4v) is 7.09. The van der Waals surface area contributed by atoms with E-state index >= 15 is 0 Å². The minimum Gasteiger partial charge on any atom is -0.332 e. The number of nitrogens with zero attached hydrogens (tertiary/aromatic N) is 2. The van der Waals surface area contributed by atoms with Crippen molar-refractivity contribution < 1.29 is 13.2 Å². The second-order valence-corrected chi connectivity index (χ2v) is 11.8. The molecular weight excluding hydrogens is 464 g/mol. The molecular formula is C27H32N2O3S2. The number of carbonyl (C=O) groups is 1. The lowest BCUT2D eigenvalue weighted by molar-refractivity contribution is -0.133. The van der Waals surface area contributed by atoms with Gasteiger partial charge in [0.05, 0.1) is 18.0 Å². The van der Waals surface area contributed by atoms with Crippen LogP contribution in [-0.2, 0) is 27.9 Å². The molecule has 0 aliphatic heterocycles. The third kappa shape index (κ3) is 5.95. The number of hydrogen-bond donors (Lipinski definition) is 0. The molecule has 0 radical (unpaired) electrons. The van der Waals surface area contributed by atoms with Crippen LogP contribution in [0.3, 0.4) is 0 Å². The minimum absolute atomic E-state index is 0.140. The molecule has 1 fully saturated rings. The molecule has 1 heterocycles. The van der Waals surface area contributed by atoms with E-state index in [4.69, 9.17) is 0 Å². The topological polar surface area (TPSA) is 57.7 Å². The summed E-state index contributed by atoms with van der Waals surface area (Å²) in [6, 6.07) is 20.3. The van der Waals surface area contributed by atoms with E-state index < -0.39 is 10.0 Å². The molecule has 5 nitrogen and oxygen atoms in total. The summed E-state index contributed by atoms with van der Waals surface area (Å²) in [5.74, 6) is -0.165. The number of hydrogen-bond acceptors (Lipinski definition) is 4. The predicted octanol–water partition coefficient (Wildman–Crippen LogP) is 5.61. The molecule has 1 aliphatic carbocycles. The first-order chi connectivity index (χ1) is 16.4. The summed E-state index contributed by atoms with van der Waals surface area (Å²) in [5, 5.41) is 2.03. The molecule has 0 atom stereocenters. The minimum atomic E-state index is -3.78. The highest BCUT2D eigenvalue weighted by Gasteiger charge is 2.35. The Morgan fingerprint density at radius 1 is 0.912 bits per heavy atom. The van der Waals surface area contributed by atoms with Gasteiger partial charge in [0, 0.05) is 17.5 Å². The van der Waals surface area contributed by atoms with Crippen LogP contribution in [0.2, 0.25) is 0 Å². The number of benzene rings is 2. The number of rotatable bonds is 9. The van der Waals surface area contributed by atoms with E-state index in [2.05, 4.69) is 6.07 Å². The molecule has 0 bridgehead atoms. The third-order valence-electron chi connectivity index (χ3n) is 6.49. The molecule has 180 valence electrons. The zero-order chi connectivity index (χ0) is 24.0. The van der Waals surface area contributed by atoms with Crippen molar-refractivity contribution in [2.75, 3.05) is 6.54 Å². The average Bonchev–Trinajstić information content (AvgIpc) is 3.27. The van der Waals surface area contributed by atoms with Gasteiger partial charge in [-0.15, -0.1) is 11.3 Å². The van der Waals surface area contributed by atoms with Gasteiger partial charge in [0.1, 0.15) is 0 Å². The third-order valence-corrected chi connectivity index (χ3v) is 9.41. The van der Waals surface area contributed by atoms with Crippen molar-refractivity contribution in [2.45, 2.75) is 63.1 Å². The van der Waals surface area contributed by atoms with Crippen molar-refractivity contribution in [2.24, 2.45) is 0 Å². The first-order valence-electron chi connectivity index (χ1n) is 11.9. The Hall–Kier alpha value is -2.48. The zero-order valence-corrected chi connectivity index (χ0v) is 21.2. The van der Waals surface area contributed by atoms with Gasteiger partial charge in [0.2, 0.25) is 15.9 Å². The first kappa shape index (κ1) is 24.6. The Bertz CT molecular complexity index is 1170. The summed E-state index contributed by atoms with van der Waals surface area (Å²) in [6.07, 6.45) is 4.68. The van der Waals surface area contributed by atoms with E-state index in [0.717, 1.165) is 48.1 Å². The van der Waals surface area contributed by atoms with E-state index in [0.29, 0.717) is 13.1 Å². The van der Waals surface area contributed by atoms with E-state index in [1.165, 1.54) is 4.31 Å². The van der Waals surface area contributed by atoms with Gasteiger partial charge in [0.15, 0.2) is 0 Å². The maximum atomic E-state index is 13.7. The summed E-state index contributed by atoms with van der Waals surface area (Å²) in [7, 11) is -3.78. The molecule has 2 aromatic carbocycles. The summed E-state index contributed by atoms with van der Waals surface area (Å²) < 4.78 is 28.8. The molecule has 34 heavy (non-hydrogen) atoms. The second kappa shape index (κ2) is 11.3. The molecule has 3 aromatic rings. The summed E-state index contributed by atoms with van der Waals surface area (Å²) in [5.41, 5.74) is 2.18.